The van der Waals surface area contributed by atoms with E-state index in [1.54, 1.807) is 6.07 Å². The van der Waals surface area contributed by atoms with Crippen LogP contribution in [0.5, 0.6) is 5.75 Å². The summed E-state index contributed by atoms with van der Waals surface area (Å²) in [6.45, 7) is 0. The zero-order chi connectivity index (χ0) is 14.6. The summed E-state index contributed by atoms with van der Waals surface area (Å²) in [5.74, 6) is 2.57. The van der Waals surface area contributed by atoms with Crippen LogP contribution in [-0.4, -0.2) is 16.7 Å². The second-order valence-corrected chi connectivity index (χ2v) is 6.44. The standard InChI is InChI=1S/C16H18ClFN2O/c1-21-14-7-13-12(6-11(14)18)19-15(8-17)20(13)16(9-2-3-9)10-4-5-10/h6-7,9-10,16H,2-5,8H2,1H3. The average molecular weight is 309 g/mol. The molecular formula is C16H18ClFN2O. The molecule has 0 atom stereocenters. The fourth-order valence-corrected chi connectivity index (χ4v) is 3.60. The lowest BCUT2D eigenvalue weighted by molar-refractivity contribution is 0.383. The van der Waals surface area contributed by atoms with Crippen molar-refractivity contribution in [3.63, 3.8) is 0 Å². The highest BCUT2D eigenvalue weighted by Gasteiger charge is 2.43. The topological polar surface area (TPSA) is 27.1 Å². The van der Waals surface area contributed by atoms with Crippen LogP contribution in [0, 0.1) is 17.7 Å². The van der Waals surface area contributed by atoms with E-state index in [0.29, 0.717) is 17.4 Å². The molecule has 0 spiro atoms. The zero-order valence-corrected chi connectivity index (χ0v) is 12.7. The van der Waals surface area contributed by atoms with Crippen LogP contribution in [-0.2, 0) is 5.88 Å². The van der Waals surface area contributed by atoms with Gasteiger partial charge in [0.05, 0.1) is 24.0 Å². The molecule has 0 N–H and O–H groups in total. The van der Waals surface area contributed by atoms with Crippen LogP contribution < -0.4 is 4.74 Å². The number of aromatic nitrogens is 2. The summed E-state index contributed by atoms with van der Waals surface area (Å²) in [6, 6.07) is 3.70. The molecule has 112 valence electrons. The molecule has 4 rings (SSSR count). The van der Waals surface area contributed by atoms with Crippen LogP contribution in [0.4, 0.5) is 4.39 Å². The highest BCUT2D eigenvalue weighted by Crippen LogP contribution is 2.53. The number of benzene rings is 1. The summed E-state index contributed by atoms with van der Waals surface area (Å²) < 4.78 is 21.3. The summed E-state index contributed by atoms with van der Waals surface area (Å²) in [5, 5.41) is 0. The van der Waals surface area contributed by atoms with Gasteiger partial charge in [-0.3, -0.25) is 0 Å². The molecule has 2 aliphatic carbocycles. The molecule has 0 radical (unpaired) electrons. The molecule has 2 aliphatic rings. The van der Waals surface area contributed by atoms with Gasteiger partial charge in [-0.25, -0.2) is 9.37 Å². The third-order valence-corrected chi connectivity index (χ3v) is 4.90. The number of rotatable bonds is 5. The number of hydrogen-bond acceptors (Lipinski definition) is 2. The van der Waals surface area contributed by atoms with Crippen molar-refractivity contribution >= 4 is 22.6 Å². The Kier molecular flexibility index (Phi) is 3.10. The van der Waals surface area contributed by atoms with Crippen molar-refractivity contribution in [2.24, 2.45) is 11.8 Å². The fourth-order valence-electron chi connectivity index (χ4n) is 3.41. The van der Waals surface area contributed by atoms with Crippen LogP contribution in [0.25, 0.3) is 11.0 Å². The molecule has 5 heteroatoms. The highest BCUT2D eigenvalue weighted by atomic mass is 35.5. The third kappa shape index (κ3) is 2.20. The summed E-state index contributed by atoms with van der Waals surface area (Å²) in [5.41, 5.74) is 1.63. The molecule has 2 fully saturated rings. The second-order valence-electron chi connectivity index (χ2n) is 6.17. The number of alkyl halides is 1. The molecule has 3 nitrogen and oxygen atoms in total. The Balaban J connectivity index is 1.92. The van der Waals surface area contributed by atoms with E-state index in [4.69, 9.17) is 16.3 Å². The number of halogens is 2. The van der Waals surface area contributed by atoms with Crippen molar-refractivity contribution in [1.29, 1.82) is 0 Å². The number of nitrogens with zero attached hydrogens (tertiary/aromatic N) is 2. The van der Waals surface area contributed by atoms with E-state index in [1.165, 1.54) is 38.9 Å². The molecule has 21 heavy (non-hydrogen) atoms. The van der Waals surface area contributed by atoms with Crippen LogP contribution in [0.1, 0.15) is 37.5 Å². The van der Waals surface area contributed by atoms with Gasteiger partial charge in [0.25, 0.3) is 0 Å². The van der Waals surface area contributed by atoms with Gasteiger partial charge in [-0.2, -0.15) is 0 Å². The van der Waals surface area contributed by atoms with Crippen molar-refractivity contribution in [3.8, 4) is 5.75 Å². The SMILES string of the molecule is COc1cc2c(cc1F)nc(CCl)n2C(C1CC1)C1CC1. The van der Waals surface area contributed by atoms with Crippen molar-refractivity contribution in [2.45, 2.75) is 37.6 Å². The minimum Gasteiger partial charge on any atom is -0.494 e. The molecule has 0 amide bonds. The maximum atomic E-state index is 13.9. The van der Waals surface area contributed by atoms with Crippen molar-refractivity contribution in [3.05, 3.63) is 23.8 Å². The first-order chi connectivity index (χ1) is 10.2. The van der Waals surface area contributed by atoms with E-state index < -0.39 is 0 Å². The number of methoxy groups -OCH3 is 1. The lowest BCUT2D eigenvalue weighted by atomic mass is 10.1. The lowest BCUT2D eigenvalue weighted by Gasteiger charge is -2.21. The molecule has 0 aliphatic heterocycles. The predicted molar refractivity (Wildman–Crippen MR) is 80.3 cm³/mol. The maximum absolute atomic E-state index is 13.9. The van der Waals surface area contributed by atoms with Gasteiger partial charge < -0.3 is 9.30 Å². The van der Waals surface area contributed by atoms with Crippen molar-refractivity contribution < 1.29 is 9.13 Å². The van der Waals surface area contributed by atoms with Gasteiger partial charge in [0.1, 0.15) is 5.82 Å². The molecule has 0 bridgehead atoms. The average Bonchev–Trinajstić information content (AvgIpc) is 3.37. The number of fused-ring (bicyclic) bond motifs is 1. The second kappa shape index (κ2) is 4.87. The van der Waals surface area contributed by atoms with E-state index in [2.05, 4.69) is 9.55 Å². The molecule has 1 aromatic heterocycles. The Morgan fingerprint density at radius 2 is 2.00 bits per heavy atom. The molecule has 1 aromatic carbocycles. The minimum absolute atomic E-state index is 0.273. The van der Waals surface area contributed by atoms with Gasteiger partial charge in [-0.15, -0.1) is 11.6 Å². The first kappa shape index (κ1) is 13.4. The summed E-state index contributed by atoms with van der Waals surface area (Å²) in [6.07, 6.45) is 5.11. The first-order valence-corrected chi connectivity index (χ1v) is 8.06. The predicted octanol–water partition coefficient (Wildman–Crippen LogP) is 4.28. The molecule has 0 unspecified atom stereocenters. The maximum Gasteiger partial charge on any atom is 0.167 e. The van der Waals surface area contributed by atoms with E-state index >= 15 is 0 Å². The van der Waals surface area contributed by atoms with Gasteiger partial charge in [0, 0.05) is 18.2 Å². The van der Waals surface area contributed by atoms with E-state index in [9.17, 15) is 4.39 Å². The van der Waals surface area contributed by atoms with E-state index in [0.717, 1.165) is 23.2 Å². The molecule has 1 heterocycles. The van der Waals surface area contributed by atoms with E-state index in [1.807, 2.05) is 0 Å². The van der Waals surface area contributed by atoms with Crippen molar-refractivity contribution in [2.75, 3.05) is 7.11 Å². The first-order valence-electron chi connectivity index (χ1n) is 7.53. The molecule has 0 saturated heterocycles. The molecule has 2 saturated carbocycles. The van der Waals surface area contributed by atoms with Gasteiger partial charge in [0.15, 0.2) is 11.6 Å². The molecule has 2 aromatic rings. The summed E-state index contributed by atoms with van der Waals surface area (Å²) >= 11 is 6.10. The molecular weight excluding hydrogens is 291 g/mol. The zero-order valence-electron chi connectivity index (χ0n) is 12.0. The minimum atomic E-state index is -0.370. The van der Waals surface area contributed by atoms with Gasteiger partial charge in [-0.05, 0) is 37.5 Å². The Bertz CT molecular complexity index is 679. The highest BCUT2D eigenvalue weighted by molar-refractivity contribution is 6.16. The Labute approximate surface area is 128 Å². The van der Waals surface area contributed by atoms with Crippen LogP contribution in [0.15, 0.2) is 12.1 Å². The number of ether oxygens (including phenoxy) is 1. The fraction of sp³-hybridized carbons (Fsp3) is 0.562. The van der Waals surface area contributed by atoms with Crippen LogP contribution in [0.2, 0.25) is 0 Å². The Morgan fingerprint density at radius 3 is 2.52 bits per heavy atom. The summed E-state index contributed by atoms with van der Waals surface area (Å²) in [7, 11) is 1.49. The quantitative estimate of drug-likeness (QED) is 0.771. The normalized spacial score (nSPS) is 18.7. The number of hydrogen-bond donors (Lipinski definition) is 0. The Morgan fingerprint density at radius 1 is 1.33 bits per heavy atom. The van der Waals surface area contributed by atoms with E-state index in [-0.39, 0.29) is 11.6 Å². The van der Waals surface area contributed by atoms with Gasteiger partial charge in [0.2, 0.25) is 0 Å². The van der Waals surface area contributed by atoms with Gasteiger partial charge >= 0.3 is 0 Å². The van der Waals surface area contributed by atoms with Gasteiger partial charge in [-0.1, -0.05) is 0 Å². The van der Waals surface area contributed by atoms with Crippen LogP contribution in [0.3, 0.4) is 0 Å². The smallest absolute Gasteiger partial charge is 0.167 e. The number of imidazole rings is 1. The third-order valence-electron chi connectivity index (χ3n) is 4.66. The summed E-state index contributed by atoms with van der Waals surface area (Å²) in [4.78, 5) is 4.54. The Hall–Kier alpha value is -1.29. The van der Waals surface area contributed by atoms with Crippen molar-refractivity contribution in [1.82, 2.24) is 9.55 Å². The monoisotopic (exact) mass is 308 g/mol. The van der Waals surface area contributed by atoms with Crippen LogP contribution >= 0.6 is 11.6 Å². The largest absolute Gasteiger partial charge is 0.494 e. The lowest BCUT2D eigenvalue weighted by Crippen LogP contribution is -2.16.